The maximum Gasteiger partial charge on any atom is 0.397 e. The van der Waals surface area contributed by atoms with Gasteiger partial charge in [-0.1, -0.05) is 13.8 Å². The van der Waals surface area contributed by atoms with Crippen molar-refractivity contribution < 1.29 is 18.4 Å². The fraction of sp³-hybridized carbons (Fsp3) is 0.917. The van der Waals surface area contributed by atoms with Crippen molar-refractivity contribution >= 4 is 13.1 Å². The molecule has 0 aromatic rings. The van der Waals surface area contributed by atoms with Crippen LogP contribution in [0, 0.1) is 5.92 Å². The fourth-order valence-electron chi connectivity index (χ4n) is 1.15. The van der Waals surface area contributed by atoms with Gasteiger partial charge in [-0.2, -0.15) is 0 Å². The molecule has 0 fully saturated rings. The number of carbonyl (C=O) groups excluding carboxylic acids is 1. The first-order chi connectivity index (χ1) is 7.27. The third kappa shape index (κ3) is 6.35. The third-order valence-electron chi connectivity index (χ3n) is 1.55. The van der Waals surface area contributed by atoms with Crippen LogP contribution in [0.2, 0.25) is 0 Å². The molecule has 0 aromatic carbocycles. The molecule has 5 heteroatoms. The lowest BCUT2D eigenvalue weighted by molar-refractivity contribution is -0.118. The van der Waals surface area contributed by atoms with Crippen LogP contribution in [0.25, 0.3) is 0 Å². The van der Waals surface area contributed by atoms with E-state index in [-0.39, 0.29) is 5.92 Å². The Morgan fingerprint density at radius 1 is 0.941 bits per heavy atom. The molecule has 102 valence electrons. The molecular formula is C12H25O4P. The average Bonchev–Trinajstić information content (AvgIpc) is 1.94. The fourth-order valence-corrected chi connectivity index (χ4v) is 3.44. The summed E-state index contributed by atoms with van der Waals surface area (Å²) in [5.41, 5.74) is -1.85. The van der Waals surface area contributed by atoms with Crippen LogP contribution in [-0.2, 0) is 18.4 Å². The lowest BCUT2D eigenvalue weighted by atomic mass is 10.2. The Balaban J connectivity index is 5.24. The summed E-state index contributed by atoms with van der Waals surface area (Å²) in [5, 5.41) is 0. The number of hydrogen-bond acceptors (Lipinski definition) is 4. The van der Waals surface area contributed by atoms with Crippen LogP contribution in [0.15, 0.2) is 0 Å². The molecule has 0 unspecified atom stereocenters. The van der Waals surface area contributed by atoms with Gasteiger partial charge in [0.25, 0.3) is 0 Å². The zero-order chi connectivity index (χ0) is 14.1. The summed E-state index contributed by atoms with van der Waals surface area (Å²) in [6, 6.07) is 0. The molecule has 0 aliphatic carbocycles. The van der Waals surface area contributed by atoms with Gasteiger partial charge in [-0.05, 0) is 41.5 Å². The van der Waals surface area contributed by atoms with Crippen LogP contribution in [0.5, 0.6) is 0 Å². The number of hydrogen-bond donors (Lipinski definition) is 0. The Morgan fingerprint density at radius 2 is 1.24 bits per heavy atom. The van der Waals surface area contributed by atoms with Gasteiger partial charge in [0.05, 0.1) is 11.2 Å². The second-order valence-corrected chi connectivity index (χ2v) is 8.20. The standard InChI is InChI=1S/C12H25O4P/c1-9(2)10(13)17(14,15-11(3,4)5)16-12(6,7)8/h9H,1-8H3. The van der Waals surface area contributed by atoms with E-state index in [1.165, 1.54) is 0 Å². The molecule has 0 amide bonds. The molecule has 0 atom stereocenters. The maximum absolute atomic E-state index is 12.6. The van der Waals surface area contributed by atoms with Gasteiger partial charge in [0.15, 0.2) is 0 Å². The molecule has 17 heavy (non-hydrogen) atoms. The van der Waals surface area contributed by atoms with E-state index >= 15 is 0 Å². The predicted octanol–water partition coefficient (Wildman–Crippen LogP) is 3.99. The van der Waals surface area contributed by atoms with Crippen molar-refractivity contribution in [2.45, 2.75) is 66.6 Å². The van der Waals surface area contributed by atoms with E-state index in [4.69, 9.17) is 9.05 Å². The molecule has 0 saturated heterocycles. The summed E-state index contributed by atoms with van der Waals surface area (Å²) >= 11 is 0. The highest BCUT2D eigenvalue weighted by atomic mass is 31.2. The van der Waals surface area contributed by atoms with Crippen molar-refractivity contribution in [2.24, 2.45) is 5.92 Å². The Kier molecular flexibility index (Phi) is 5.16. The zero-order valence-corrected chi connectivity index (χ0v) is 13.1. The van der Waals surface area contributed by atoms with E-state index in [1.807, 2.05) is 0 Å². The van der Waals surface area contributed by atoms with Gasteiger partial charge in [-0.25, -0.2) is 0 Å². The molecule has 0 aliphatic rings. The van der Waals surface area contributed by atoms with Gasteiger partial charge in [-0.3, -0.25) is 18.4 Å². The Hall–Kier alpha value is -0.180. The van der Waals surface area contributed by atoms with Gasteiger partial charge in [0.2, 0.25) is 5.52 Å². The quantitative estimate of drug-likeness (QED) is 0.720. The van der Waals surface area contributed by atoms with E-state index in [0.717, 1.165) is 0 Å². The number of rotatable bonds is 4. The summed E-state index contributed by atoms with van der Waals surface area (Å²) < 4.78 is 23.4. The summed E-state index contributed by atoms with van der Waals surface area (Å²) in [4.78, 5) is 12.0. The van der Waals surface area contributed by atoms with Gasteiger partial charge >= 0.3 is 7.60 Å². The normalized spacial score (nSPS) is 14.2. The minimum Gasteiger partial charge on any atom is -0.297 e. The zero-order valence-electron chi connectivity index (χ0n) is 12.2. The summed E-state index contributed by atoms with van der Waals surface area (Å²) in [5.74, 6) is -0.384. The van der Waals surface area contributed by atoms with E-state index in [1.54, 1.807) is 55.4 Å². The highest BCUT2D eigenvalue weighted by molar-refractivity contribution is 7.71. The molecule has 0 saturated carbocycles. The van der Waals surface area contributed by atoms with E-state index in [0.29, 0.717) is 0 Å². The second kappa shape index (κ2) is 5.21. The lowest BCUT2D eigenvalue weighted by Gasteiger charge is -2.31. The molecule has 0 aromatic heterocycles. The molecule has 0 rings (SSSR count). The SMILES string of the molecule is CC(C)C(=O)P(=O)(OC(C)(C)C)OC(C)(C)C. The van der Waals surface area contributed by atoms with Crippen LogP contribution in [-0.4, -0.2) is 16.7 Å². The van der Waals surface area contributed by atoms with Gasteiger partial charge in [-0.15, -0.1) is 0 Å². The summed E-state index contributed by atoms with van der Waals surface area (Å²) in [7, 11) is -3.75. The van der Waals surface area contributed by atoms with Crippen LogP contribution in [0.4, 0.5) is 0 Å². The topological polar surface area (TPSA) is 52.6 Å². The first-order valence-corrected chi connectivity index (χ1v) is 7.37. The van der Waals surface area contributed by atoms with E-state index in [9.17, 15) is 9.36 Å². The highest BCUT2D eigenvalue weighted by Crippen LogP contribution is 2.56. The molecule has 0 bridgehead atoms. The molecule has 4 nitrogen and oxygen atoms in total. The smallest absolute Gasteiger partial charge is 0.297 e. The van der Waals surface area contributed by atoms with Crippen LogP contribution < -0.4 is 0 Å². The monoisotopic (exact) mass is 264 g/mol. The number of carbonyl (C=O) groups is 1. The molecule has 0 radical (unpaired) electrons. The molecule has 0 spiro atoms. The van der Waals surface area contributed by atoms with E-state index in [2.05, 4.69) is 0 Å². The minimum atomic E-state index is -3.75. The van der Waals surface area contributed by atoms with Crippen LogP contribution >= 0.6 is 7.60 Å². The van der Waals surface area contributed by atoms with Gasteiger partial charge in [0, 0.05) is 5.92 Å². The summed E-state index contributed by atoms with van der Waals surface area (Å²) in [6.07, 6.45) is 0. The van der Waals surface area contributed by atoms with Crippen molar-refractivity contribution in [3.63, 3.8) is 0 Å². The van der Waals surface area contributed by atoms with Crippen molar-refractivity contribution in [3.05, 3.63) is 0 Å². The van der Waals surface area contributed by atoms with Crippen LogP contribution in [0.1, 0.15) is 55.4 Å². The Morgan fingerprint density at radius 3 is 1.41 bits per heavy atom. The van der Waals surface area contributed by atoms with Crippen molar-refractivity contribution in [2.75, 3.05) is 0 Å². The van der Waals surface area contributed by atoms with Gasteiger partial charge < -0.3 is 0 Å². The Bertz CT molecular complexity index is 300. The predicted molar refractivity (Wildman–Crippen MR) is 69.1 cm³/mol. The Labute approximate surface area is 105 Å². The second-order valence-electron chi connectivity index (χ2n) is 6.40. The molecule has 0 N–H and O–H groups in total. The van der Waals surface area contributed by atoms with Crippen molar-refractivity contribution in [1.29, 1.82) is 0 Å². The molecule has 0 aliphatic heterocycles. The first kappa shape index (κ1) is 16.8. The van der Waals surface area contributed by atoms with Crippen molar-refractivity contribution in [3.8, 4) is 0 Å². The largest absolute Gasteiger partial charge is 0.397 e. The lowest BCUT2D eigenvalue weighted by Crippen LogP contribution is -2.28. The third-order valence-corrected chi connectivity index (χ3v) is 4.18. The highest BCUT2D eigenvalue weighted by Gasteiger charge is 2.43. The van der Waals surface area contributed by atoms with Gasteiger partial charge in [0.1, 0.15) is 0 Å². The molecule has 0 heterocycles. The van der Waals surface area contributed by atoms with E-state index < -0.39 is 24.3 Å². The van der Waals surface area contributed by atoms with Crippen molar-refractivity contribution in [1.82, 2.24) is 0 Å². The maximum atomic E-state index is 12.6. The molecular weight excluding hydrogens is 239 g/mol. The average molecular weight is 264 g/mol. The minimum absolute atomic E-state index is 0.384. The van der Waals surface area contributed by atoms with Crippen LogP contribution in [0.3, 0.4) is 0 Å². The summed E-state index contributed by atoms with van der Waals surface area (Å²) in [6.45, 7) is 13.9. The first-order valence-electron chi connectivity index (χ1n) is 5.83.